The van der Waals surface area contributed by atoms with E-state index >= 15 is 0 Å². The molecule has 2 fully saturated rings. The molecule has 2 aliphatic rings. The number of nitrogens with zero attached hydrogens (tertiary/aromatic N) is 2. The van der Waals surface area contributed by atoms with Crippen LogP contribution in [0.15, 0.2) is 24.3 Å². The van der Waals surface area contributed by atoms with Crippen molar-refractivity contribution < 1.29 is 19.1 Å². The van der Waals surface area contributed by atoms with Gasteiger partial charge in [0, 0.05) is 25.6 Å². The van der Waals surface area contributed by atoms with Crippen molar-refractivity contribution in [1.29, 1.82) is 0 Å². The van der Waals surface area contributed by atoms with Crippen LogP contribution in [-0.4, -0.2) is 61.1 Å². The molecule has 6 nitrogen and oxygen atoms in total. The van der Waals surface area contributed by atoms with E-state index < -0.39 is 0 Å². The SMILES string of the molecule is CCOC(=O)C1CCN(C2CCC(=O)N(Cc3ccc(OC)cc3)CC2)CC1. The summed E-state index contributed by atoms with van der Waals surface area (Å²) in [6, 6.07) is 8.35. The van der Waals surface area contributed by atoms with Crippen molar-refractivity contribution in [2.75, 3.05) is 33.4 Å². The van der Waals surface area contributed by atoms with Gasteiger partial charge in [0.2, 0.25) is 5.91 Å². The minimum atomic E-state index is -0.0520. The summed E-state index contributed by atoms with van der Waals surface area (Å²) >= 11 is 0. The maximum absolute atomic E-state index is 12.6. The second-order valence-corrected chi connectivity index (χ2v) is 7.71. The number of carbonyl (C=O) groups excluding carboxylic acids is 2. The largest absolute Gasteiger partial charge is 0.497 e. The third kappa shape index (κ3) is 5.25. The molecule has 28 heavy (non-hydrogen) atoms. The van der Waals surface area contributed by atoms with Gasteiger partial charge in [-0.25, -0.2) is 0 Å². The van der Waals surface area contributed by atoms with Gasteiger partial charge in [0.25, 0.3) is 0 Å². The number of esters is 1. The number of amides is 1. The molecule has 1 aromatic rings. The first-order chi connectivity index (χ1) is 13.6. The van der Waals surface area contributed by atoms with E-state index in [-0.39, 0.29) is 17.8 Å². The van der Waals surface area contributed by atoms with Crippen LogP contribution >= 0.6 is 0 Å². The van der Waals surface area contributed by atoms with Gasteiger partial charge in [-0.15, -0.1) is 0 Å². The van der Waals surface area contributed by atoms with Crippen LogP contribution in [0.5, 0.6) is 5.75 Å². The maximum atomic E-state index is 12.6. The van der Waals surface area contributed by atoms with Crippen molar-refractivity contribution in [1.82, 2.24) is 9.80 Å². The molecule has 6 heteroatoms. The molecular formula is C22H32N2O4. The highest BCUT2D eigenvalue weighted by Crippen LogP contribution is 2.26. The number of carbonyl (C=O) groups is 2. The van der Waals surface area contributed by atoms with Gasteiger partial charge >= 0.3 is 5.97 Å². The Morgan fingerprint density at radius 3 is 2.43 bits per heavy atom. The van der Waals surface area contributed by atoms with Crippen LogP contribution < -0.4 is 4.74 Å². The number of ether oxygens (including phenoxy) is 2. The van der Waals surface area contributed by atoms with Crippen LogP contribution in [0, 0.1) is 5.92 Å². The third-order valence-electron chi connectivity index (χ3n) is 5.97. The van der Waals surface area contributed by atoms with Gasteiger partial charge in [0.1, 0.15) is 5.75 Å². The second-order valence-electron chi connectivity index (χ2n) is 7.71. The van der Waals surface area contributed by atoms with Gasteiger partial charge in [-0.2, -0.15) is 0 Å². The molecule has 0 N–H and O–H groups in total. The Hall–Kier alpha value is -2.08. The van der Waals surface area contributed by atoms with Crippen LogP contribution in [0.3, 0.4) is 0 Å². The summed E-state index contributed by atoms with van der Waals surface area (Å²) in [5.74, 6) is 1.05. The molecule has 0 bridgehead atoms. The molecule has 2 heterocycles. The van der Waals surface area contributed by atoms with Crippen molar-refractivity contribution >= 4 is 11.9 Å². The van der Waals surface area contributed by atoms with Crippen LogP contribution in [0.4, 0.5) is 0 Å². The number of likely N-dealkylation sites (tertiary alicyclic amines) is 2. The number of benzene rings is 1. The fourth-order valence-corrected chi connectivity index (χ4v) is 4.27. The summed E-state index contributed by atoms with van der Waals surface area (Å²) in [6.07, 6.45) is 4.21. The Kier molecular flexibility index (Phi) is 7.31. The summed E-state index contributed by atoms with van der Waals surface area (Å²) in [4.78, 5) is 29.0. The van der Waals surface area contributed by atoms with Gasteiger partial charge in [-0.1, -0.05) is 12.1 Å². The van der Waals surface area contributed by atoms with Crippen molar-refractivity contribution in [2.45, 2.75) is 51.6 Å². The van der Waals surface area contributed by atoms with Crippen LogP contribution in [0.1, 0.15) is 44.6 Å². The minimum absolute atomic E-state index is 0.0372. The molecule has 0 radical (unpaired) electrons. The lowest BCUT2D eigenvalue weighted by atomic mass is 9.94. The van der Waals surface area contributed by atoms with E-state index in [9.17, 15) is 9.59 Å². The zero-order chi connectivity index (χ0) is 19.9. The van der Waals surface area contributed by atoms with Crippen LogP contribution in [0.2, 0.25) is 0 Å². The zero-order valence-corrected chi connectivity index (χ0v) is 17.1. The Balaban J connectivity index is 1.51. The molecule has 0 saturated carbocycles. The minimum Gasteiger partial charge on any atom is -0.497 e. The number of hydrogen-bond donors (Lipinski definition) is 0. The first-order valence-corrected chi connectivity index (χ1v) is 10.4. The predicted octanol–water partition coefficient (Wildman–Crippen LogP) is 2.85. The summed E-state index contributed by atoms with van der Waals surface area (Å²) in [7, 11) is 1.66. The lowest BCUT2D eigenvalue weighted by molar-refractivity contribution is -0.149. The van der Waals surface area contributed by atoms with Crippen LogP contribution in [0.25, 0.3) is 0 Å². The van der Waals surface area contributed by atoms with Gasteiger partial charge in [-0.3, -0.25) is 9.59 Å². The number of rotatable bonds is 6. The lowest BCUT2D eigenvalue weighted by Gasteiger charge is -2.36. The Bertz CT molecular complexity index is 653. The molecule has 0 aliphatic carbocycles. The molecule has 2 saturated heterocycles. The first-order valence-electron chi connectivity index (χ1n) is 10.4. The molecule has 1 unspecified atom stereocenters. The smallest absolute Gasteiger partial charge is 0.309 e. The zero-order valence-electron chi connectivity index (χ0n) is 17.1. The van der Waals surface area contributed by atoms with Crippen molar-refractivity contribution in [3.63, 3.8) is 0 Å². The van der Waals surface area contributed by atoms with E-state index in [1.807, 2.05) is 36.1 Å². The average molecular weight is 389 g/mol. The van der Waals surface area contributed by atoms with Gasteiger partial charge < -0.3 is 19.3 Å². The van der Waals surface area contributed by atoms with E-state index in [4.69, 9.17) is 9.47 Å². The monoisotopic (exact) mass is 388 g/mol. The fourth-order valence-electron chi connectivity index (χ4n) is 4.27. The fraction of sp³-hybridized carbons (Fsp3) is 0.636. The Morgan fingerprint density at radius 1 is 1.07 bits per heavy atom. The van der Waals surface area contributed by atoms with E-state index in [1.54, 1.807) is 7.11 Å². The molecule has 3 rings (SSSR count). The van der Waals surface area contributed by atoms with Gasteiger partial charge in [0.05, 0.1) is 19.6 Å². The van der Waals surface area contributed by atoms with Crippen LogP contribution in [-0.2, 0) is 20.9 Å². The topological polar surface area (TPSA) is 59.1 Å². The van der Waals surface area contributed by atoms with E-state index in [1.165, 1.54) is 0 Å². The maximum Gasteiger partial charge on any atom is 0.309 e. The summed E-state index contributed by atoms with van der Waals surface area (Å²) in [6.45, 7) is 5.58. The quantitative estimate of drug-likeness (QED) is 0.702. The Labute approximate surface area is 167 Å². The highest BCUT2D eigenvalue weighted by molar-refractivity contribution is 5.76. The first kappa shape index (κ1) is 20.6. The van der Waals surface area contributed by atoms with Crippen molar-refractivity contribution in [3.8, 4) is 5.75 Å². The molecule has 2 aliphatic heterocycles. The molecule has 1 amide bonds. The Morgan fingerprint density at radius 2 is 1.79 bits per heavy atom. The average Bonchev–Trinajstić information content (AvgIpc) is 2.91. The summed E-state index contributed by atoms with van der Waals surface area (Å²) in [5.41, 5.74) is 1.13. The van der Waals surface area contributed by atoms with E-state index in [0.717, 1.165) is 56.6 Å². The number of hydrogen-bond acceptors (Lipinski definition) is 5. The summed E-state index contributed by atoms with van der Waals surface area (Å²) < 4.78 is 10.4. The highest BCUT2D eigenvalue weighted by atomic mass is 16.5. The van der Waals surface area contributed by atoms with E-state index in [2.05, 4.69) is 4.90 Å². The normalized spacial score (nSPS) is 22.0. The molecule has 0 aromatic heterocycles. The summed E-state index contributed by atoms with van der Waals surface area (Å²) in [5, 5.41) is 0. The lowest BCUT2D eigenvalue weighted by Crippen LogP contribution is -2.43. The number of methoxy groups -OCH3 is 1. The highest BCUT2D eigenvalue weighted by Gasteiger charge is 2.31. The standard InChI is InChI=1S/C22H32N2O4/c1-3-28-22(26)18-10-13-23(14-11-18)19-6-9-21(25)24(15-12-19)16-17-4-7-20(27-2)8-5-17/h4-5,7-8,18-19H,3,6,9-16H2,1-2H3. The van der Waals surface area contributed by atoms with Gasteiger partial charge in [0.15, 0.2) is 0 Å². The third-order valence-corrected chi connectivity index (χ3v) is 5.97. The molecule has 1 atom stereocenters. The van der Waals surface area contributed by atoms with Crippen molar-refractivity contribution in [2.24, 2.45) is 5.92 Å². The number of piperidine rings is 1. The van der Waals surface area contributed by atoms with Crippen molar-refractivity contribution in [3.05, 3.63) is 29.8 Å². The molecule has 0 spiro atoms. The molecule has 1 aromatic carbocycles. The molecular weight excluding hydrogens is 356 g/mol. The second kappa shape index (κ2) is 9.92. The predicted molar refractivity (Wildman–Crippen MR) is 107 cm³/mol. The van der Waals surface area contributed by atoms with E-state index in [0.29, 0.717) is 25.6 Å². The molecule has 154 valence electrons. The van der Waals surface area contributed by atoms with Gasteiger partial charge in [-0.05, 0) is 63.4 Å².